The smallest absolute Gasteiger partial charge is 0.306 e. The van der Waals surface area contributed by atoms with Crippen LogP contribution < -0.4 is 4.74 Å². The minimum absolute atomic E-state index is 0.0454. The van der Waals surface area contributed by atoms with Crippen LogP contribution in [0, 0.1) is 5.82 Å². The molecule has 150 valence electrons. The van der Waals surface area contributed by atoms with E-state index in [2.05, 4.69) is 10.1 Å². The highest BCUT2D eigenvalue weighted by molar-refractivity contribution is 6.30. The van der Waals surface area contributed by atoms with E-state index in [1.165, 1.54) is 12.1 Å². The molecule has 0 N–H and O–H groups in total. The van der Waals surface area contributed by atoms with Gasteiger partial charge in [0.15, 0.2) is 6.79 Å². The Morgan fingerprint density at radius 1 is 1.24 bits per heavy atom. The van der Waals surface area contributed by atoms with Crippen molar-refractivity contribution in [1.82, 2.24) is 10.1 Å². The number of fused-ring (bicyclic) bond motifs is 1. The Kier molecular flexibility index (Phi) is 5.73. The Bertz CT molecular complexity index is 1020. The Morgan fingerprint density at radius 2 is 2.07 bits per heavy atom. The lowest BCUT2D eigenvalue weighted by atomic mass is 10.1. The maximum absolute atomic E-state index is 13.7. The van der Waals surface area contributed by atoms with Crippen LogP contribution in [0.4, 0.5) is 4.39 Å². The van der Waals surface area contributed by atoms with Crippen molar-refractivity contribution < 1.29 is 27.9 Å². The number of ether oxygens (including phenoxy) is 3. The summed E-state index contributed by atoms with van der Waals surface area (Å²) in [5.74, 6) is 0.312. The molecule has 0 saturated heterocycles. The van der Waals surface area contributed by atoms with Crippen LogP contribution in [0.1, 0.15) is 23.4 Å². The van der Waals surface area contributed by atoms with Crippen molar-refractivity contribution in [3.8, 4) is 17.1 Å². The number of aromatic nitrogens is 2. The van der Waals surface area contributed by atoms with Gasteiger partial charge in [-0.2, -0.15) is 4.98 Å². The number of nitrogens with zero attached hydrogens (tertiary/aromatic N) is 2. The number of hydrogen-bond donors (Lipinski definition) is 0. The molecule has 0 unspecified atom stereocenters. The maximum Gasteiger partial charge on any atom is 0.306 e. The van der Waals surface area contributed by atoms with Gasteiger partial charge in [0.05, 0.1) is 13.0 Å². The van der Waals surface area contributed by atoms with Gasteiger partial charge in [0.2, 0.25) is 11.7 Å². The van der Waals surface area contributed by atoms with Gasteiger partial charge in [-0.1, -0.05) is 16.8 Å². The van der Waals surface area contributed by atoms with Crippen molar-refractivity contribution in [2.24, 2.45) is 0 Å². The first-order valence-corrected chi connectivity index (χ1v) is 9.22. The van der Waals surface area contributed by atoms with Crippen molar-refractivity contribution in [2.75, 3.05) is 6.79 Å². The molecule has 0 bridgehead atoms. The Hall–Kier alpha value is -2.97. The number of carbonyl (C=O) groups is 1. The number of hydrogen-bond acceptors (Lipinski definition) is 7. The zero-order valence-corrected chi connectivity index (χ0v) is 15.9. The summed E-state index contributed by atoms with van der Waals surface area (Å²) in [5.41, 5.74) is 1.80. The normalized spacial score (nSPS) is 12.9. The first kappa shape index (κ1) is 19.4. The van der Waals surface area contributed by atoms with Crippen LogP contribution >= 0.6 is 11.6 Å². The SMILES string of the molecule is O=C(CCc1nc(-c2ccc(Cl)cc2)no1)OCc1cc(F)cc2c1OCOC2. The number of benzene rings is 2. The standard InChI is InChI=1S/C20H16ClFN2O5/c21-15-3-1-12(2-4-15)20-23-17(29-24-20)5-6-18(25)27-10-14-8-16(22)7-13-9-26-11-28-19(13)14/h1-4,7-8H,5-6,9-11H2. The molecule has 0 aliphatic carbocycles. The molecule has 1 aromatic heterocycles. The molecular formula is C20H16ClFN2O5. The van der Waals surface area contributed by atoms with Crippen molar-refractivity contribution in [1.29, 1.82) is 0 Å². The fourth-order valence-corrected chi connectivity index (χ4v) is 3.00. The molecule has 4 rings (SSSR count). The monoisotopic (exact) mass is 418 g/mol. The molecule has 2 heterocycles. The summed E-state index contributed by atoms with van der Waals surface area (Å²) < 4.78 is 34.7. The summed E-state index contributed by atoms with van der Waals surface area (Å²) in [5, 5.41) is 4.50. The van der Waals surface area contributed by atoms with Gasteiger partial charge in [0.1, 0.15) is 18.2 Å². The molecule has 29 heavy (non-hydrogen) atoms. The predicted octanol–water partition coefficient (Wildman–Crippen LogP) is 4.07. The van der Waals surface area contributed by atoms with Crippen molar-refractivity contribution in [3.63, 3.8) is 0 Å². The molecule has 0 amide bonds. The van der Waals surface area contributed by atoms with Gasteiger partial charge >= 0.3 is 5.97 Å². The van der Waals surface area contributed by atoms with Gasteiger partial charge in [-0.25, -0.2) is 4.39 Å². The van der Waals surface area contributed by atoms with Gasteiger partial charge in [-0.3, -0.25) is 4.79 Å². The third kappa shape index (κ3) is 4.72. The molecule has 0 atom stereocenters. The van der Waals surface area contributed by atoms with E-state index in [0.717, 1.165) is 5.56 Å². The summed E-state index contributed by atoms with van der Waals surface area (Å²) in [7, 11) is 0. The first-order chi connectivity index (χ1) is 14.1. The zero-order valence-electron chi connectivity index (χ0n) is 15.2. The van der Waals surface area contributed by atoms with Crippen LogP contribution in [0.2, 0.25) is 5.02 Å². The van der Waals surface area contributed by atoms with Gasteiger partial charge < -0.3 is 18.7 Å². The lowest BCUT2D eigenvalue weighted by Gasteiger charge is -2.20. The number of esters is 1. The lowest BCUT2D eigenvalue weighted by molar-refractivity contribution is -0.145. The van der Waals surface area contributed by atoms with E-state index in [-0.39, 0.29) is 32.8 Å². The first-order valence-electron chi connectivity index (χ1n) is 8.84. The lowest BCUT2D eigenvalue weighted by Crippen LogP contribution is -2.15. The average Bonchev–Trinajstić information content (AvgIpc) is 3.20. The van der Waals surface area contributed by atoms with Crippen molar-refractivity contribution in [2.45, 2.75) is 26.1 Å². The van der Waals surface area contributed by atoms with Gasteiger partial charge in [-0.05, 0) is 36.4 Å². The summed E-state index contributed by atoms with van der Waals surface area (Å²) in [6.07, 6.45) is 0.273. The van der Waals surface area contributed by atoms with Crippen LogP contribution in [-0.4, -0.2) is 22.9 Å². The van der Waals surface area contributed by atoms with Gasteiger partial charge in [-0.15, -0.1) is 0 Å². The van der Waals surface area contributed by atoms with Crippen LogP contribution in [0.15, 0.2) is 40.9 Å². The molecule has 7 nitrogen and oxygen atoms in total. The minimum Gasteiger partial charge on any atom is -0.467 e. The van der Waals surface area contributed by atoms with Crippen LogP contribution in [0.3, 0.4) is 0 Å². The van der Waals surface area contributed by atoms with Gasteiger partial charge in [0, 0.05) is 28.1 Å². The highest BCUT2D eigenvalue weighted by atomic mass is 35.5. The molecule has 0 spiro atoms. The van der Waals surface area contributed by atoms with Gasteiger partial charge in [0.25, 0.3) is 0 Å². The van der Waals surface area contributed by atoms with Crippen LogP contribution in [0.25, 0.3) is 11.4 Å². The molecule has 0 saturated carbocycles. The van der Waals surface area contributed by atoms with Crippen LogP contribution in [0.5, 0.6) is 5.75 Å². The summed E-state index contributed by atoms with van der Waals surface area (Å²) >= 11 is 5.86. The highest BCUT2D eigenvalue weighted by Crippen LogP contribution is 2.30. The van der Waals surface area contributed by atoms with E-state index in [9.17, 15) is 9.18 Å². The second-order valence-corrected chi connectivity index (χ2v) is 6.78. The Morgan fingerprint density at radius 3 is 2.90 bits per heavy atom. The third-order valence-electron chi connectivity index (χ3n) is 4.25. The number of carbonyl (C=O) groups excluding carboxylic acids is 1. The molecule has 0 fully saturated rings. The van der Waals surface area contributed by atoms with E-state index in [1.807, 2.05) is 0 Å². The zero-order chi connectivity index (χ0) is 20.2. The van der Waals surface area contributed by atoms with E-state index in [4.69, 9.17) is 30.3 Å². The molecule has 9 heteroatoms. The van der Waals surface area contributed by atoms with E-state index in [0.29, 0.717) is 33.6 Å². The molecule has 2 aromatic carbocycles. The van der Waals surface area contributed by atoms with E-state index in [1.54, 1.807) is 24.3 Å². The Balaban J connectivity index is 1.32. The molecule has 3 aromatic rings. The van der Waals surface area contributed by atoms with E-state index >= 15 is 0 Å². The fourth-order valence-electron chi connectivity index (χ4n) is 2.88. The quantitative estimate of drug-likeness (QED) is 0.558. The predicted molar refractivity (Wildman–Crippen MR) is 99.5 cm³/mol. The van der Waals surface area contributed by atoms with Crippen molar-refractivity contribution >= 4 is 17.6 Å². The second-order valence-electron chi connectivity index (χ2n) is 6.34. The summed E-state index contributed by atoms with van der Waals surface area (Å²) in [4.78, 5) is 16.3. The molecule has 0 radical (unpaired) electrons. The summed E-state index contributed by atoms with van der Waals surface area (Å²) in [6, 6.07) is 9.63. The number of aryl methyl sites for hydroxylation is 1. The molecule has 1 aliphatic rings. The fraction of sp³-hybridized carbons (Fsp3) is 0.250. The second kappa shape index (κ2) is 8.59. The number of halogens is 2. The minimum atomic E-state index is -0.471. The van der Waals surface area contributed by atoms with E-state index < -0.39 is 11.8 Å². The largest absolute Gasteiger partial charge is 0.467 e. The number of rotatable bonds is 6. The average molecular weight is 419 g/mol. The molecule has 1 aliphatic heterocycles. The topological polar surface area (TPSA) is 83.7 Å². The highest BCUT2D eigenvalue weighted by Gasteiger charge is 2.18. The van der Waals surface area contributed by atoms with Crippen molar-refractivity contribution in [3.05, 3.63) is 64.3 Å². The Labute approximate surface area is 170 Å². The molecular weight excluding hydrogens is 403 g/mol. The maximum atomic E-state index is 13.7. The summed E-state index contributed by atoms with van der Waals surface area (Å²) in [6.45, 7) is 0.229. The third-order valence-corrected chi connectivity index (χ3v) is 4.51. The van der Waals surface area contributed by atoms with Crippen LogP contribution in [-0.2, 0) is 33.9 Å².